The molecule has 3 nitrogen and oxygen atoms in total. The largest absolute Gasteiger partial charge is 0.460 e. The molecule has 0 bridgehead atoms. The molecule has 0 aliphatic heterocycles. The zero-order valence-electron chi connectivity index (χ0n) is 17.1. The monoisotopic (exact) mass is 350 g/mol. The third-order valence-corrected chi connectivity index (χ3v) is 4.50. The van der Waals surface area contributed by atoms with Gasteiger partial charge in [-0.25, -0.2) is 4.79 Å². The molecule has 1 atom stereocenters. The van der Waals surface area contributed by atoms with Crippen LogP contribution in [0.2, 0.25) is 0 Å². The lowest BCUT2D eigenvalue weighted by Crippen LogP contribution is -2.25. The van der Waals surface area contributed by atoms with Gasteiger partial charge in [-0.3, -0.25) is 0 Å². The molecule has 0 aromatic carbocycles. The van der Waals surface area contributed by atoms with Gasteiger partial charge in [0.1, 0.15) is 0 Å². The van der Waals surface area contributed by atoms with Gasteiger partial charge in [-0.2, -0.15) is 0 Å². The molecular formula is C22H38O3. The molecule has 1 rings (SSSR count). The standard InChI is InChI=1S/C22H38O3/c1-17(2)25-21(23)15-19(4)10-7-9-18(3)11-8-14-22(5,6)24-16-20-12-13-20/h7,10,15,17-18,20H,8-9,11-14,16H2,1-6H3. The summed E-state index contributed by atoms with van der Waals surface area (Å²) in [6.07, 6.45) is 12.9. The van der Waals surface area contributed by atoms with Gasteiger partial charge in [-0.15, -0.1) is 0 Å². The van der Waals surface area contributed by atoms with Crippen molar-refractivity contribution >= 4 is 5.97 Å². The maximum Gasteiger partial charge on any atom is 0.331 e. The molecule has 0 aromatic rings. The normalized spacial score (nSPS) is 17.3. The Morgan fingerprint density at radius 1 is 1.24 bits per heavy atom. The summed E-state index contributed by atoms with van der Waals surface area (Å²) in [7, 11) is 0. The van der Waals surface area contributed by atoms with E-state index < -0.39 is 0 Å². The van der Waals surface area contributed by atoms with E-state index in [9.17, 15) is 4.79 Å². The fraction of sp³-hybridized carbons (Fsp3) is 0.773. The van der Waals surface area contributed by atoms with E-state index in [1.807, 2.05) is 26.8 Å². The van der Waals surface area contributed by atoms with E-state index in [0.29, 0.717) is 5.92 Å². The summed E-state index contributed by atoms with van der Waals surface area (Å²) in [5.41, 5.74) is 0.946. The minimum Gasteiger partial charge on any atom is -0.460 e. The number of esters is 1. The van der Waals surface area contributed by atoms with E-state index in [-0.39, 0.29) is 17.7 Å². The van der Waals surface area contributed by atoms with Crippen molar-refractivity contribution < 1.29 is 14.3 Å². The lowest BCUT2D eigenvalue weighted by atomic mass is 9.94. The van der Waals surface area contributed by atoms with Crippen LogP contribution in [0.15, 0.2) is 23.8 Å². The molecule has 1 aliphatic rings. The zero-order chi connectivity index (χ0) is 18.9. The number of hydrogen-bond acceptors (Lipinski definition) is 3. The lowest BCUT2D eigenvalue weighted by molar-refractivity contribution is -0.141. The van der Waals surface area contributed by atoms with Gasteiger partial charge in [-0.1, -0.05) is 31.9 Å². The van der Waals surface area contributed by atoms with Crippen LogP contribution in [0.5, 0.6) is 0 Å². The molecule has 0 spiro atoms. The number of rotatable bonds is 12. The number of allylic oxidation sites excluding steroid dienone is 3. The maximum absolute atomic E-state index is 11.6. The second-order valence-corrected chi connectivity index (χ2v) is 8.52. The summed E-state index contributed by atoms with van der Waals surface area (Å²) < 4.78 is 11.2. The van der Waals surface area contributed by atoms with Crippen molar-refractivity contribution in [3.8, 4) is 0 Å². The molecule has 0 amide bonds. The summed E-state index contributed by atoms with van der Waals surface area (Å²) in [6, 6.07) is 0. The Morgan fingerprint density at radius 3 is 2.52 bits per heavy atom. The average molecular weight is 351 g/mol. The lowest BCUT2D eigenvalue weighted by Gasteiger charge is -2.26. The highest BCUT2D eigenvalue weighted by Crippen LogP contribution is 2.31. The molecule has 144 valence electrons. The van der Waals surface area contributed by atoms with E-state index in [0.717, 1.165) is 30.9 Å². The van der Waals surface area contributed by atoms with Crippen LogP contribution in [0.3, 0.4) is 0 Å². The molecule has 0 aromatic heterocycles. The summed E-state index contributed by atoms with van der Waals surface area (Å²) in [6.45, 7) is 13.3. The third-order valence-electron chi connectivity index (χ3n) is 4.50. The highest BCUT2D eigenvalue weighted by atomic mass is 16.5. The zero-order valence-corrected chi connectivity index (χ0v) is 17.1. The van der Waals surface area contributed by atoms with Gasteiger partial charge in [0.25, 0.3) is 0 Å². The second-order valence-electron chi connectivity index (χ2n) is 8.52. The summed E-state index contributed by atoms with van der Waals surface area (Å²) in [4.78, 5) is 11.6. The highest BCUT2D eigenvalue weighted by molar-refractivity contribution is 5.83. The Bertz CT molecular complexity index is 456. The Morgan fingerprint density at radius 2 is 1.92 bits per heavy atom. The summed E-state index contributed by atoms with van der Waals surface area (Å²) in [5, 5.41) is 0. The number of hydrogen-bond donors (Lipinski definition) is 0. The van der Waals surface area contributed by atoms with Crippen LogP contribution in [0.1, 0.15) is 80.1 Å². The van der Waals surface area contributed by atoms with Gasteiger partial charge >= 0.3 is 5.97 Å². The van der Waals surface area contributed by atoms with Crippen LogP contribution < -0.4 is 0 Å². The highest BCUT2D eigenvalue weighted by Gasteiger charge is 2.26. The predicted molar refractivity (Wildman–Crippen MR) is 105 cm³/mol. The van der Waals surface area contributed by atoms with Gasteiger partial charge in [0.2, 0.25) is 0 Å². The molecule has 3 heteroatoms. The smallest absolute Gasteiger partial charge is 0.331 e. The quantitative estimate of drug-likeness (QED) is 0.252. The third kappa shape index (κ3) is 12.0. The topological polar surface area (TPSA) is 35.5 Å². The van der Waals surface area contributed by atoms with E-state index in [2.05, 4.69) is 26.8 Å². The first kappa shape index (κ1) is 22.0. The van der Waals surface area contributed by atoms with Crippen LogP contribution in [0, 0.1) is 11.8 Å². The fourth-order valence-corrected chi connectivity index (χ4v) is 2.68. The van der Waals surface area contributed by atoms with E-state index in [1.54, 1.807) is 6.08 Å². The molecule has 1 aliphatic carbocycles. The van der Waals surface area contributed by atoms with Crippen LogP contribution in [0.25, 0.3) is 0 Å². The number of carbonyl (C=O) groups is 1. The molecule has 1 unspecified atom stereocenters. The SMILES string of the molecule is CC(C=CCC(C)CCCC(C)(C)OCC1CC1)=CC(=O)OC(C)C. The first-order valence-corrected chi connectivity index (χ1v) is 9.87. The predicted octanol–water partition coefficient (Wildman–Crippen LogP) is 5.84. The van der Waals surface area contributed by atoms with Crippen molar-refractivity contribution in [2.45, 2.75) is 91.8 Å². The first-order valence-electron chi connectivity index (χ1n) is 9.87. The number of ether oxygens (including phenoxy) is 2. The Kier molecular flexibility index (Phi) is 9.48. The van der Waals surface area contributed by atoms with Crippen molar-refractivity contribution in [2.24, 2.45) is 11.8 Å². The molecule has 25 heavy (non-hydrogen) atoms. The Hall–Kier alpha value is -1.09. The summed E-state index contributed by atoms with van der Waals surface area (Å²) in [5.74, 6) is 1.21. The molecule has 1 fully saturated rings. The second kappa shape index (κ2) is 10.8. The minimum atomic E-state index is -0.265. The molecular weight excluding hydrogens is 312 g/mol. The van der Waals surface area contributed by atoms with E-state index in [4.69, 9.17) is 9.47 Å². The van der Waals surface area contributed by atoms with Gasteiger partial charge in [0.15, 0.2) is 0 Å². The van der Waals surface area contributed by atoms with E-state index >= 15 is 0 Å². The van der Waals surface area contributed by atoms with Crippen molar-refractivity contribution in [1.29, 1.82) is 0 Å². The fourth-order valence-electron chi connectivity index (χ4n) is 2.68. The van der Waals surface area contributed by atoms with Crippen molar-refractivity contribution in [2.75, 3.05) is 6.61 Å². The Labute approximate surface area is 154 Å². The molecule has 1 saturated carbocycles. The minimum absolute atomic E-state index is 0.00819. The first-order chi connectivity index (χ1) is 11.7. The van der Waals surface area contributed by atoms with E-state index in [1.165, 1.54) is 25.7 Å². The molecule has 0 N–H and O–H groups in total. The van der Waals surface area contributed by atoms with Crippen LogP contribution in [-0.4, -0.2) is 24.3 Å². The van der Waals surface area contributed by atoms with Gasteiger partial charge in [0, 0.05) is 6.08 Å². The van der Waals surface area contributed by atoms with Crippen LogP contribution >= 0.6 is 0 Å². The van der Waals surface area contributed by atoms with Crippen LogP contribution in [-0.2, 0) is 14.3 Å². The summed E-state index contributed by atoms with van der Waals surface area (Å²) >= 11 is 0. The molecule has 0 radical (unpaired) electrons. The van der Waals surface area contributed by atoms with Crippen LogP contribution in [0.4, 0.5) is 0 Å². The Balaban J connectivity index is 2.19. The van der Waals surface area contributed by atoms with Crippen molar-refractivity contribution in [3.05, 3.63) is 23.8 Å². The van der Waals surface area contributed by atoms with Crippen molar-refractivity contribution in [1.82, 2.24) is 0 Å². The van der Waals surface area contributed by atoms with Crippen molar-refractivity contribution in [3.63, 3.8) is 0 Å². The van der Waals surface area contributed by atoms with Gasteiger partial charge in [-0.05, 0) is 77.7 Å². The maximum atomic E-state index is 11.6. The van der Waals surface area contributed by atoms with Gasteiger partial charge < -0.3 is 9.47 Å². The average Bonchev–Trinajstić information content (AvgIpc) is 3.28. The molecule has 0 saturated heterocycles. The van der Waals surface area contributed by atoms with Gasteiger partial charge in [0.05, 0.1) is 18.3 Å². The number of carbonyl (C=O) groups excluding carboxylic acids is 1. The molecule has 0 heterocycles.